The zero-order valence-electron chi connectivity index (χ0n) is 18.5. The quantitative estimate of drug-likeness (QED) is 0.485. The molecule has 4 saturated carbocycles. The molecule has 0 amide bonds. The first-order valence-corrected chi connectivity index (χ1v) is 11.7. The maximum absolute atomic E-state index is 14.7. The van der Waals surface area contributed by atoms with Gasteiger partial charge in [0.05, 0.1) is 28.5 Å². The molecule has 9 nitrogen and oxygen atoms in total. The van der Waals surface area contributed by atoms with Crippen LogP contribution in [0.4, 0.5) is 16.0 Å². The molecule has 0 aliphatic heterocycles. The lowest BCUT2D eigenvalue weighted by molar-refractivity contribution is -0.305. The Bertz CT molecular complexity index is 1610. The molecule has 2 atom stereocenters. The Kier molecular flexibility index (Phi) is 3.14. The van der Waals surface area contributed by atoms with E-state index in [9.17, 15) is 14.3 Å². The van der Waals surface area contributed by atoms with Crippen molar-refractivity contribution in [2.45, 2.75) is 43.2 Å². The summed E-state index contributed by atoms with van der Waals surface area (Å²) >= 11 is 0. The molecule has 1 spiro atoms. The van der Waals surface area contributed by atoms with Gasteiger partial charge in [-0.05, 0) is 50.0 Å². The molecule has 3 aromatic heterocycles. The average Bonchev–Trinajstić information content (AvgIpc) is 3.38. The Morgan fingerprint density at radius 3 is 2.68 bits per heavy atom. The molecule has 4 aromatic rings. The van der Waals surface area contributed by atoms with Crippen molar-refractivity contribution < 1.29 is 9.50 Å². The maximum atomic E-state index is 14.7. The van der Waals surface area contributed by atoms with Crippen molar-refractivity contribution in [1.82, 2.24) is 29.1 Å². The second kappa shape index (κ2) is 5.63. The summed E-state index contributed by atoms with van der Waals surface area (Å²) in [6.45, 7) is 0. The molecule has 4 fully saturated rings. The fourth-order valence-corrected chi connectivity index (χ4v) is 8.21. The Morgan fingerprint density at radius 2 is 1.94 bits per heavy atom. The molecule has 10 heteroatoms. The minimum absolute atomic E-state index is 0.0149. The van der Waals surface area contributed by atoms with Gasteiger partial charge in [0.1, 0.15) is 17.7 Å². The summed E-state index contributed by atoms with van der Waals surface area (Å²) in [4.78, 5) is 30.6. The highest BCUT2D eigenvalue weighted by Gasteiger charge is 2.84. The van der Waals surface area contributed by atoms with E-state index in [4.69, 9.17) is 4.98 Å². The highest BCUT2D eigenvalue weighted by molar-refractivity contribution is 5.83. The van der Waals surface area contributed by atoms with Crippen LogP contribution >= 0.6 is 0 Å². The number of aromatic nitrogens is 6. The van der Waals surface area contributed by atoms with Crippen molar-refractivity contribution in [1.29, 1.82) is 0 Å². The third kappa shape index (κ3) is 1.95. The highest BCUT2D eigenvalue weighted by Crippen LogP contribution is 2.85. The summed E-state index contributed by atoms with van der Waals surface area (Å²) in [5.41, 5.74) is 0.929. The van der Waals surface area contributed by atoms with Crippen molar-refractivity contribution in [3.63, 3.8) is 0 Å². The van der Waals surface area contributed by atoms with Gasteiger partial charge >= 0.3 is 5.69 Å². The minimum Gasteiger partial charge on any atom is -0.389 e. The molecule has 3 heterocycles. The Balaban J connectivity index is 1.25. The molecular formula is C24H22FN7O2. The largest absolute Gasteiger partial charge is 0.389 e. The van der Waals surface area contributed by atoms with Crippen molar-refractivity contribution in [2.24, 2.45) is 24.3 Å². The number of halogens is 1. The predicted molar refractivity (Wildman–Crippen MR) is 121 cm³/mol. The second-order valence-electron chi connectivity index (χ2n) is 10.8. The number of aliphatic hydroxyl groups is 1. The fourth-order valence-electron chi connectivity index (χ4n) is 8.21. The Hall–Kier alpha value is -3.40. The second-order valence-corrected chi connectivity index (χ2v) is 10.8. The van der Waals surface area contributed by atoms with E-state index in [1.165, 1.54) is 12.4 Å². The number of anilines is 2. The van der Waals surface area contributed by atoms with Crippen LogP contribution in [0.2, 0.25) is 0 Å². The molecule has 2 unspecified atom stereocenters. The van der Waals surface area contributed by atoms with Crippen LogP contribution in [0, 0.1) is 23.1 Å². The summed E-state index contributed by atoms with van der Waals surface area (Å²) < 4.78 is 18.2. The van der Waals surface area contributed by atoms with Gasteiger partial charge in [-0.25, -0.2) is 24.1 Å². The van der Waals surface area contributed by atoms with E-state index in [0.29, 0.717) is 33.9 Å². The number of nitrogens with one attached hydrogen (secondary N) is 1. The van der Waals surface area contributed by atoms with E-state index < -0.39 is 11.4 Å². The van der Waals surface area contributed by atoms with Crippen LogP contribution in [0.1, 0.15) is 32.1 Å². The zero-order chi connectivity index (χ0) is 23.0. The summed E-state index contributed by atoms with van der Waals surface area (Å²) in [6, 6.07) is 2.97. The normalized spacial score (nSPS) is 34.8. The van der Waals surface area contributed by atoms with Crippen LogP contribution < -0.4 is 11.0 Å². The summed E-state index contributed by atoms with van der Waals surface area (Å²) in [5, 5.41) is 14.7. The monoisotopic (exact) mass is 459 g/mol. The summed E-state index contributed by atoms with van der Waals surface area (Å²) in [7, 11) is 1.74. The first-order valence-electron chi connectivity index (χ1n) is 11.7. The van der Waals surface area contributed by atoms with E-state index >= 15 is 0 Å². The van der Waals surface area contributed by atoms with Crippen LogP contribution in [0.25, 0.3) is 22.1 Å². The number of hydrogen-bond acceptors (Lipinski definition) is 7. The smallest absolute Gasteiger partial charge is 0.330 e. The lowest BCUT2D eigenvalue weighted by Crippen LogP contribution is -2.73. The number of aryl methyl sites for hydroxylation is 1. The van der Waals surface area contributed by atoms with Crippen LogP contribution in [-0.2, 0) is 12.6 Å². The molecule has 4 aliphatic rings. The third-order valence-corrected chi connectivity index (χ3v) is 9.48. The van der Waals surface area contributed by atoms with Crippen molar-refractivity contribution in [3.05, 3.63) is 47.2 Å². The average molecular weight is 459 g/mol. The van der Waals surface area contributed by atoms with E-state index in [-0.39, 0.29) is 28.3 Å². The molecule has 0 saturated heterocycles. The van der Waals surface area contributed by atoms with Gasteiger partial charge in [-0.1, -0.05) is 0 Å². The molecule has 34 heavy (non-hydrogen) atoms. The fraction of sp³-hybridized carbons (Fsp3) is 0.458. The van der Waals surface area contributed by atoms with Gasteiger partial charge < -0.3 is 10.4 Å². The van der Waals surface area contributed by atoms with Gasteiger partial charge in [0.2, 0.25) is 5.95 Å². The molecule has 2 bridgehead atoms. The van der Waals surface area contributed by atoms with Crippen molar-refractivity contribution in [2.75, 3.05) is 5.32 Å². The van der Waals surface area contributed by atoms with E-state index in [1.54, 1.807) is 30.1 Å². The van der Waals surface area contributed by atoms with Gasteiger partial charge in [0.15, 0.2) is 5.65 Å². The number of imidazole rings is 1. The highest BCUT2D eigenvalue weighted by atomic mass is 19.1. The Labute approximate surface area is 192 Å². The molecule has 8 rings (SSSR count). The van der Waals surface area contributed by atoms with Crippen LogP contribution in [0.15, 0.2) is 35.6 Å². The van der Waals surface area contributed by atoms with Gasteiger partial charge in [0.25, 0.3) is 0 Å². The number of nitrogens with zero attached hydrogens (tertiary/aromatic N) is 6. The lowest BCUT2D eigenvalue weighted by Gasteiger charge is -2.71. The van der Waals surface area contributed by atoms with E-state index in [1.807, 2.05) is 4.57 Å². The zero-order valence-corrected chi connectivity index (χ0v) is 18.5. The summed E-state index contributed by atoms with van der Waals surface area (Å²) in [6.07, 6.45) is 8.93. The van der Waals surface area contributed by atoms with Crippen LogP contribution in [-0.4, -0.2) is 39.8 Å². The molecule has 1 aromatic carbocycles. The number of rotatable bonds is 3. The molecular weight excluding hydrogens is 437 g/mol. The molecule has 4 aliphatic carbocycles. The van der Waals surface area contributed by atoms with Crippen molar-refractivity contribution in [3.8, 4) is 0 Å². The predicted octanol–water partition coefficient (Wildman–Crippen LogP) is 2.61. The van der Waals surface area contributed by atoms with Crippen LogP contribution in [0.3, 0.4) is 0 Å². The maximum Gasteiger partial charge on any atom is 0.330 e. The van der Waals surface area contributed by atoms with Gasteiger partial charge in [-0.2, -0.15) is 4.98 Å². The van der Waals surface area contributed by atoms with Gasteiger partial charge in [-0.3, -0.25) is 9.13 Å². The molecule has 0 radical (unpaired) electrons. The van der Waals surface area contributed by atoms with Crippen LogP contribution in [0.5, 0.6) is 0 Å². The van der Waals surface area contributed by atoms with Gasteiger partial charge in [0, 0.05) is 30.1 Å². The first-order chi connectivity index (χ1) is 16.3. The minimum atomic E-state index is -0.534. The number of benzene rings is 1. The summed E-state index contributed by atoms with van der Waals surface area (Å²) in [5.74, 6) is 0.688. The number of fused-ring (bicyclic) bond motifs is 3. The topological polar surface area (TPSA) is 111 Å². The van der Waals surface area contributed by atoms with Gasteiger partial charge in [-0.15, -0.1) is 0 Å². The Morgan fingerprint density at radius 1 is 1.15 bits per heavy atom. The van der Waals surface area contributed by atoms with E-state index in [0.717, 1.165) is 32.1 Å². The molecule has 172 valence electrons. The standard InChI is InChI=1S/C24H22FN7O2/c1-31-18-9-27-20(29-17-2-12-8-26-11-28-16(12)3-15(17)25)30-19(18)32(21(31)33)22-4-13-6-23(34)7-14(5-22)24(13,23)10-22/h2-3,8-9,11,13-14,34H,4-7,10H2,1H3,(H,27,29,30). The number of hydrogen-bond donors (Lipinski definition) is 2. The van der Waals surface area contributed by atoms with Crippen molar-refractivity contribution >= 4 is 33.7 Å². The van der Waals surface area contributed by atoms with E-state index in [2.05, 4.69) is 20.3 Å². The lowest BCUT2D eigenvalue weighted by atomic mass is 9.36. The molecule has 2 N–H and O–H groups in total. The third-order valence-electron chi connectivity index (χ3n) is 9.48. The SMILES string of the molecule is Cn1c(=O)n(C23CC4CC5(O)CC(C2)C45C3)c2nc(Nc3cc4cncnc4cc3F)ncc21. The first kappa shape index (κ1) is 19.0.